The molecule has 1 heterocycles. The maximum absolute atomic E-state index is 9.18. The van der Waals surface area contributed by atoms with E-state index in [4.69, 9.17) is 10.5 Å². The van der Waals surface area contributed by atoms with Crippen molar-refractivity contribution in [1.29, 1.82) is 5.26 Å². The van der Waals surface area contributed by atoms with E-state index >= 15 is 0 Å². The fraction of sp³-hybridized carbons (Fsp3) is 0.0588. The molecule has 3 aromatic rings. The van der Waals surface area contributed by atoms with Gasteiger partial charge in [-0.25, -0.2) is 0 Å². The molecule has 4 nitrogen and oxygen atoms in total. The van der Waals surface area contributed by atoms with Crippen LogP contribution in [0.2, 0.25) is 0 Å². The van der Waals surface area contributed by atoms with E-state index in [1.54, 1.807) is 24.4 Å². The van der Waals surface area contributed by atoms with Gasteiger partial charge in [-0.3, -0.25) is 4.98 Å². The molecule has 0 saturated heterocycles. The summed E-state index contributed by atoms with van der Waals surface area (Å²) in [4.78, 5) is 4.33. The Morgan fingerprint density at radius 1 is 1.14 bits per heavy atom. The average Bonchev–Trinajstić information content (AvgIpc) is 2.51. The molecule has 0 aliphatic carbocycles. The molecule has 0 aliphatic heterocycles. The highest BCUT2D eigenvalue weighted by Gasteiger charge is 2.10. The summed E-state index contributed by atoms with van der Waals surface area (Å²) in [5.74, 6) is 1.11. The number of hydrogen-bond acceptors (Lipinski definition) is 4. The van der Waals surface area contributed by atoms with Gasteiger partial charge >= 0.3 is 0 Å². The predicted molar refractivity (Wildman–Crippen MR) is 82.1 cm³/mol. The standard InChI is InChI=1S/C17H13N3O/c1-11-4-5-12(10-18)16(9-11)21-15-7-6-14(19)13-3-2-8-20-17(13)15/h2-9H,19H2,1H3. The lowest BCUT2D eigenvalue weighted by Gasteiger charge is -2.11. The number of benzene rings is 2. The van der Waals surface area contributed by atoms with Gasteiger partial charge in [0, 0.05) is 17.3 Å². The molecule has 0 bridgehead atoms. The minimum Gasteiger partial charge on any atom is -0.454 e. The highest BCUT2D eigenvalue weighted by atomic mass is 16.5. The van der Waals surface area contributed by atoms with Crippen molar-refractivity contribution in [3.8, 4) is 17.6 Å². The van der Waals surface area contributed by atoms with Crippen LogP contribution in [0.25, 0.3) is 10.9 Å². The van der Waals surface area contributed by atoms with Gasteiger partial charge in [0.1, 0.15) is 17.3 Å². The van der Waals surface area contributed by atoms with Crippen LogP contribution in [-0.2, 0) is 0 Å². The summed E-state index contributed by atoms with van der Waals surface area (Å²) < 4.78 is 5.91. The lowest BCUT2D eigenvalue weighted by molar-refractivity contribution is 0.485. The normalized spacial score (nSPS) is 10.3. The summed E-state index contributed by atoms with van der Waals surface area (Å²) in [5, 5.41) is 10.0. The molecular weight excluding hydrogens is 262 g/mol. The number of aromatic nitrogens is 1. The maximum Gasteiger partial charge on any atom is 0.153 e. The number of rotatable bonds is 2. The highest BCUT2D eigenvalue weighted by molar-refractivity contribution is 5.94. The van der Waals surface area contributed by atoms with Gasteiger partial charge < -0.3 is 10.5 Å². The first kappa shape index (κ1) is 12.9. The molecule has 0 fully saturated rings. The molecule has 0 radical (unpaired) electrons. The second-order valence-corrected chi connectivity index (χ2v) is 4.77. The number of anilines is 1. The molecule has 4 heteroatoms. The van der Waals surface area contributed by atoms with Gasteiger partial charge in [-0.05, 0) is 48.9 Å². The van der Waals surface area contributed by atoms with Gasteiger partial charge in [0.2, 0.25) is 0 Å². The second-order valence-electron chi connectivity index (χ2n) is 4.77. The van der Waals surface area contributed by atoms with Crippen LogP contribution >= 0.6 is 0 Å². The van der Waals surface area contributed by atoms with Crippen molar-refractivity contribution in [2.75, 3.05) is 5.73 Å². The van der Waals surface area contributed by atoms with Crippen LogP contribution in [0.3, 0.4) is 0 Å². The number of aryl methyl sites for hydroxylation is 1. The van der Waals surface area contributed by atoms with Crippen LogP contribution in [0.4, 0.5) is 5.69 Å². The number of nitrogens with two attached hydrogens (primary N) is 1. The summed E-state index contributed by atoms with van der Waals surface area (Å²) >= 11 is 0. The van der Waals surface area contributed by atoms with Crippen LogP contribution in [0.5, 0.6) is 11.5 Å². The maximum atomic E-state index is 9.18. The minimum atomic E-state index is 0.488. The monoisotopic (exact) mass is 275 g/mol. The van der Waals surface area contributed by atoms with Crippen molar-refractivity contribution in [3.63, 3.8) is 0 Å². The molecule has 2 aromatic carbocycles. The van der Waals surface area contributed by atoms with E-state index in [0.29, 0.717) is 28.3 Å². The fourth-order valence-electron chi connectivity index (χ4n) is 2.18. The molecule has 0 unspecified atom stereocenters. The Balaban J connectivity index is 2.13. The van der Waals surface area contributed by atoms with E-state index < -0.39 is 0 Å². The van der Waals surface area contributed by atoms with Crippen molar-refractivity contribution in [1.82, 2.24) is 4.98 Å². The second kappa shape index (κ2) is 5.14. The zero-order valence-electron chi connectivity index (χ0n) is 11.5. The van der Waals surface area contributed by atoms with E-state index in [0.717, 1.165) is 10.9 Å². The molecule has 2 N–H and O–H groups in total. The van der Waals surface area contributed by atoms with E-state index in [2.05, 4.69) is 11.1 Å². The summed E-state index contributed by atoms with van der Waals surface area (Å²) in [7, 11) is 0. The first-order valence-electron chi connectivity index (χ1n) is 6.51. The van der Waals surface area contributed by atoms with Crippen LogP contribution in [-0.4, -0.2) is 4.98 Å². The third kappa shape index (κ3) is 2.37. The van der Waals surface area contributed by atoms with Crippen LogP contribution in [0.1, 0.15) is 11.1 Å². The van der Waals surface area contributed by atoms with E-state index in [-0.39, 0.29) is 0 Å². The molecule has 102 valence electrons. The topological polar surface area (TPSA) is 71.9 Å². The van der Waals surface area contributed by atoms with Crippen molar-refractivity contribution in [2.45, 2.75) is 6.92 Å². The van der Waals surface area contributed by atoms with E-state index in [9.17, 15) is 5.26 Å². The highest BCUT2D eigenvalue weighted by Crippen LogP contribution is 2.33. The van der Waals surface area contributed by atoms with E-state index in [1.165, 1.54) is 0 Å². The molecule has 0 saturated carbocycles. The molecule has 0 amide bonds. The van der Waals surface area contributed by atoms with Crippen molar-refractivity contribution in [2.24, 2.45) is 0 Å². The number of nitrogens with zero attached hydrogens (tertiary/aromatic N) is 2. The number of nitrogen functional groups attached to an aromatic ring is 1. The Morgan fingerprint density at radius 2 is 2.00 bits per heavy atom. The fourth-order valence-corrected chi connectivity index (χ4v) is 2.18. The predicted octanol–water partition coefficient (Wildman–Crippen LogP) is 3.79. The molecule has 3 rings (SSSR count). The quantitative estimate of drug-likeness (QED) is 0.722. The number of fused-ring (bicyclic) bond motifs is 1. The zero-order chi connectivity index (χ0) is 14.8. The number of nitriles is 1. The molecule has 0 spiro atoms. The molecule has 0 atom stereocenters. The summed E-state index contributed by atoms with van der Waals surface area (Å²) in [5.41, 5.74) is 8.79. The van der Waals surface area contributed by atoms with Gasteiger partial charge in [-0.1, -0.05) is 6.07 Å². The third-order valence-electron chi connectivity index (χ3n) is 3.24. The Morgan fingerprint density at radius 3 is 2.81 bits per heavy atom. The van der Waals surface area contributed by atoms with Crippen LogP contribution in [0.15, 0.2) is 48.7 Å². The largest absolute Gasteiger partial charge is 0.454 e. The van der Waals surface area contributed by atoms with Gasteiger partial charge in [0.05, 0.1) is 5.56 Å². The Hall–Kier alpha value is -3.06. The first-order valence-corrected chi connectivity index (χ1v) is 6.51. The van der Waals surface area contributed by atoms with Gasteiger partial charge in [0.25, 0.3) is 0 Å². The lowest BCUT2D eigenvalue weighted by atomic mass is 10.1. The molecule has 1 aromatic heterocycles. The lowest BCUT2D eigenvalue weighted by Crippen LogP contribution is -1.94. The van der Waals surface area contributed by atoms with Crippen molar-refractivity contribution >= 4 is 16.6 Å². The third-order valence-corrected chi connectivity index (χ3v) is 3.24. The number of ether oxygens (including phenoxy) is 1. The zero-order valence-corrected chi connectivity index (χ0v) is 11.5. The average molecular weight is 275 g/mol. The molecule has 0 aliphatic rings. The summed E-state index contributed by atoms with van der Waals surface area (Å²) in [6, 6.07) is 14.9. The van der Waals surface area contributed by atoms with Gasteiger partial charge in [-0.15, -0.1) is 0 Å². The van der Waals surface area contributed by atoms with Gasteiger partial charge in [0.15, 0.2) is 5.75 Å². The minimum absolute atomic E-state index is 0.488. The van der Waals surface area contributed by atoms with Crippen molar-refractivity contribution in [3.05, 3.63) is 59.8 Å². The summed E-state index contributed by atoms with van der Waals surface area (Å²) in [6.45, 7) is 1.95. The first-order chi connectivity index (χ1) is 10.2. The number of hydrogen-bond donors (Lipinski definition) is 1. The molecular formula is C17H13N3O. The SMILES string of the molecule is Cc1ccc(C#N)c(Oc2ccc(N)c3cccnc23)c1. The van der Waals surface area contributed by atoms with E-state index in [1.807, 2.05) is 31.2 Å². The van der Waals surface area contributed by atoms with Crippen LogP contribution < -0.4 is 10.5 Å². The van der Waals surface area contributed by atoms with Crippen LogP contribution in [0, 0.1) is 18.3 Å². The Kier molecular flexibility index (Phi) is 3.17. The van der Waals surface area contributed by atoms with Gasteiger partial charge in [-0.2, -0.15) is 5.26 Å². The Bertz CT molecular complexity index is 866. The number of pyridine rings is 1. The summed E-state index contributed by atoms with van der Waals surface area (Å²) in [6.07, 6.45) is 1.69. The van der Waals surface area contributed by atoms with Crippen molar-refractivity contribution < 1.29 is 4.74 Å². The smallest absolute Gasteiger partial charge is 0.153 e. The Labute approximate surface area is 122 Å². The molecule has 21 heavy (non-hydrogen) atoms.